The number of unbranched alkanes of at least 4 members (excludes halogenated alkanes) is 1. The van der Waals surface area contributed by atoms with Gasteiger partial charge in [0.15, 0.2) is 0 Å². The second kappa shape index (κ2) is 7.14. The van der Waals surface area contributed by atoms with Crippen molar-refractivity contribution in [1.82, 2.24) is 0 Å². The van der Waals surface area contributed by atoms with Crippen LogP contribution in [0.2, 0.25) is 0 Å². The van der Waals surface area contributed by atoms with Gasteiger partial charge in [0.1, 0.15) is 5.84 Å². The zero-order chi connectivity index (χ0) is 13.5. The van der Waals surface area contributed by atoms with Crippen LogP contribution in [0.15, 0.2) is 29.4 Å². The molecule has 4 nitrogen and oxygen atoms in total. The summed E-state index contributed by atoms with van der Waals surface area (Å²) in [6.45, 7) is 0.734. The molecule has 0 fully saturated rings. The van der Waals surface area contributed by atoms with Crippen LogP contribution in [0.25, 0.3) is 0 Å². The molecule has 0 aliphatic heterocycles. The number of fused-ring (bicyclic) bond motifs is 1. The summed E-state index contributed by atoms with van der Waals surface area (Å²) in [7, 11) is 0. The summed E-state index contributed by atoms with van der Waals surface area (Å²) in [4.78, 5) is 0. The minimum Gasteiger partial charge on any atom is -0.409 e. The Kier molecular flexibility index (Phi) is 5.21. The molecule has 104 valence electrons. The van der Waals surface area contributed by atoms with Crippen molar-refractivity contribution < 1.29 is 9.94 Å². The lowest BCUT2D eigenvalue weighted by Crippen LogP contribution is -2.14. The van der Waals surface area contributed by atoms with Gasteiger partial charge >= 0.3 is 0 Å². The molecule has 1 aliphatic carbocycles. The molecule has 0 saturated carbocycles. The topological polar surface area (TPSA) is 67.8 Å². The van der Waals surface area contributed by atoms with Crippen molar-refractivity contribution in [3.63, 3.8) is 0 Å². The van der Waals surface area contributed by atoms with Crippen LogP contribution in [0.5, 0.6) is 0 Å². The average Bonchev–Trinajstić information content (AvgIpc) is 2.46. The summed E-state index contributed by atoms with van der Waals surface area (Å²) < 4.78 is 5.98. The van der Waals surface area contributed by atoms with Gasteiger partial charge in [-0.2, -0.15) is 0 Å². The van der Waals surface area contributed by atoms with E-state index in [-0.39, 0.29) is 6.10 Å². The number of hydrogen-bond donors (Lipinski definition) is 2. The van der Waals surface area contributed by atoms with Crippen LogP contribution in [0.3, 0.4) is 0 Å². The Morgan fingerprint density at radius 1 is 1.37 bits per heavy atom. The van der Waals surface area contributed by atoms with Gasteiger partial charge in [-0.05, 0) is 43.2 Å². The third kappa shape index (κ3) is 3.96. The standard InChI is InChI=1S/C15H22N2O2/c16-15(17-18)10-3-4-11-19-14-9-5-7-12-6-1-2-8-13(12)14/h1-2,6,8,14,18H,3-5,7,9-11H2,(H2,16,17). The second-order valence-electron chi connectivity index (χ2n) is 5.00. The molecule has 0 spiro atoms. The molecule has 0 heterocycles. The summed E-state index contributed by atoms with van der Waals surface area (Å²) in [5.41, 5.74) is 8.20. The SMILES string of the molecule is NC(CCCCOC1CCCc2ccccc21)=NO. The summed E-state index contributed by atoms with van der Waals surface area (Å²) in [5.74, 6) is 0.294. The predicted octanol–water partition coefficient (Wildman–Crippen LogP) is 3.00. The first-order valence-electron chi connectivity index (χ1n) is 6.97. The van der Waals surface area contributed by atoms with E-state index < -0.39 is 0 Å². The summed E-state index contributed by atoms with van der Waals surface area (Å²) >= 11 is 0. The minimum atomic E-state index is 0.244. The van der Waals surface area contributed by atoms with Crippen molar-refractivity contribution in [1.29, 1.82) is 0 Å². The molecule has 0 bridgehead atoms. The van der Waals surface area contributed by atoms with Crippen LogP contribution in [0.4, 0.5) is 0 Å². The lowest BCUT2D eigenvalue weighted by atomic mass is 9.89. The molecule has 0 radical (unpaired) electrons. The van der Waals surface area contributed by atoms with Crippen molar-refractivity contribution in [3.05, 3.63) is 35.4 Å². The highest BCUT2D eigenvalue weighted by Crippen LogP contribution is 2.32. The van der Waals surface area contributed by atoms with E-state index in [2.05, 4.69) is 29.4 Å². The molecule has 0 amide bonds. The van der Waals surface area contributed by atoms with Gasteiger partial charge in [0.25, 0.3) is 0 Å². The molecule has 4 heteroatoms. The maximum atomic E-state index is 8.44. The molecular weight excluding hydrogens is 240 g/mol. The number of amidine groups is 1. The number of ether oxygens (including phenoxy) is 1. The fraction of sp³-hybridized carbons (Fsp3) is 0.533. The van der Waals surface area contributed by atoms with E-state index in [1.165, 1.54) is 24.0 Å². The molecule has 1 unspecified atom stereocenters. The molecule has 19 heavy (non-hydrogen) atoms. The highest BCUT2D eigenvalue weighted by atomic mass is 16.5. The van der Waals surface area contributed by atoms with Gasteiger partial charge in [-0.1, -0.05) is 29.4 Å². The molecule has 0 saturated heterocycles. The third-order valence-electron chi connectivity index (χ3n) is 3.59. The third-order valence-corrected chi connectivity index (χ3v) is 3.59. The molecule has 2 rings (SSSR count). The quantitative estimate of drug-likeness (QED) is 0.272. The Morgan fingerprint density at radius 3 is 3.05 bits per heavy atom. The van der Waals surface area contributed by atoms with Crippen LogP contribution in [0, 0.1) is 0 Å². The van der Waals surface area contributed by atoms with Crippen molar-refractivity contribution in [2.24, 2.45) is 10.9 Å². The first-order valence-corrected chi connectivity index (χ1v) is 6.97. The summed E-state index contributed by atoms with van der Waals surface area (Å²) in [5, 5.41) is 11.4. The number of rotatable bonds is 6. The summed E-state index contributed by atoms with van der Waals surface area (Å²) in [6.07, 6.45) is 6.18. The normalized spacial score (nSPS) is 19.2. The predicted molar refractivity (Wildman–Crippen MR) is 75.3 cm³/mol. The molecule has 1 atom stereocenters. The molecule has 1 aliphatic rings. The monoisotopic (exact) mass is 262 g/mol. The average molecular weight is 262 g/mol. The van der Waals surface area contributed by atoms with Crippen LogP contribution in [-0.4, -0.2) is 17.6 Å². The van der Waals surface area contributed by atoms with Gasteiger partial charge < -0.3 is 15.7 Å². The summed E-state index contributed by atoms with van der Waals surface area (Å²) in [6, 6.07) is 8.55. The van der Waals surface area contributed by atoms with Crippen molar-refractivity contribution in [2.75, 3.05) is 6.61 Å². The molecule has 0 aromatic heterocycles. The van der Waals surface area contributed by atoms with Crippen molar-refractivity contribution in [3.8, 4) is 0 Å². The van der Waals surface area contributed by atoms with E-state index in [9.17, 15) is 0 Å². The number of nitrogens with two attached hydrogens (primary N) is 1. The largest absolute Gasteiger partial charge is 0.409 e. The Balaban J connectivity index is 1.75. The number of hydrogen-bond acceptors (Lipinski definition) is 3. The van der Waals surface area contributed by atoms with Gasteiger partial charge in [-0.15, -0.1) is 0 Å². The molecule has 1 aromatic carbocycles. The maximum Gasteiger partial charge on any atom is 0.139 e. The highest BCUT2D eigenvalue weighted by Gasteiger charge is 2.19. The Bertz CT molecular complexity index is 432. The number of benzene rings is 1. The van der Waals surface area contributed by atoms with Crippen LogP contribution in [0.1, 0.15) is 49.3 Å². The van der Waals surface area contributed by atoms with Gasteiger partial charge in [0.2, 0.25) is 0 Å². The Morgan fingerprint density at radius 2 is 2.21 bits per heavy atom. The number of aryl methyl sites for hydroxylation is 1. The van der Waals surface area contributed by atoms with Gasteiger partial charge in [0.05, 0.1) is 6.10 Å². The van der Waals surface area contributed by atoms with Gasteiger partial charge in [-0.25, -0.2) is 0 Å². The van der Waals surface area contributed by atoms with Gasteiger partial charge in [0, 0.05) is 13.0 Å². The van der Waals surface area contributed by atoms with Gasteiger partial charge in [-0.3, -0.25) is 0 Å². The van der Waals surface area contributed by atoms with E-state index in [1.54, 1.807) is 0 Å². The van der Waals surface area contributed by atoms with E-state index in [1.807, 2.05) is 0 Å². The zero-order valence-electron chi connectivity index (χ0n) is 11.2. The Labute approximate surface area is 114 Å². The van der Waals surface area contributed by atoms with E-state index >= 15 is 0 Å². The fourth-order valence-corrected chi connectivity index (χ4v) is 2.57. The number of oxime groups is 1. The second-order valence-corrected chi connectivity index (χ2v) is 5.00. The number of nitrogens with zero attached hydrogens (tertiary/aromatic N) is 1. The molecular formula is C15H22N2O2. The van der Waals surface area contributed by atoms with Crippen molar-refractivity contribution >= 4 is 5.84 Å². The fourth-order valence-electron chi connectivity index (χ4n) is 2.57. The molecule has 3 N–H and O–H groups in total. The zero-order valence-corrected chi connectivity index (χ0v) is 11.2. The minimum absolute atomic E-state index is 0.244. The first-order chi connectivity index (χ1) is 9.31. The van der Waals surface area contributed by atoms with Crippen LogP contribution < -0.4 is 5.73 Å². The first kappa shape index (κ1) is 13.9. The molecule has 1 aromatic rings. The smallest absolute Gasteiger partial charge is 0.139 e. The lowest BCUT2D eigenvalue weighted by molar-refractivity contribution is 0.0387. The van der Waals surface area contributed by atoms with Crippen LogP contribution >= 0.6 is 0 Å². The Hall–Kier alpha value is -1.55. The van der Waals surface area contributed by atoms with Crippen molar-refractivity contribution in [2.45, 2.75) is 44.6 Å². The lowest BCUT2D eigenvalue weighted by Gasteiger charge is -2.25. The van der Waals surface area contributed by atoms with E-state index in [0.29, 0.717) is 12.3 Å². The van der Waals surface area contributed by atoms with E-state index in [0.717, 1.165) is 25.9 Å². The van der Waals surface area contributed by atoms with E-state index in [4.69, 9.17) is 15.7 Å². The highest BCUT2D eigenvalue weighted by molar-refractivity contribution is 5.79. The maximum absolute atomic E-state index is 8.44. The van der Waals surface area contributed by atoms with Crippen LogP contribution in [-0.2, 0) is 11.2 Å².